The molecule has 2 bridgehead atoms. The number of hydrogen-bond donors (Lipinski definition) is 0. The van der Waals surface area contributed by atoms with Crippen LogP contribution in [0.25, 0.3) is 0 Å². The van der Waals surface area contributed by atoms with Gasteiger partial charge in [-0.15, -0.1) is 11.3 Å². The maximum atomic E-state index is 12.9. The fraction of sp³-hybridized carbons (Fsp3) is 0.565. The third-order valence-electron chi connectivity index (χ3n) is 6.91. The number of carbonyl (C=O) groups is 1. The molecule has 3 aliphatic heterocycles. The van der Waals surface area contributed by atoms with E-state index in [-0.39, 0.29) is 0 Å². The van der Waals surface area contributed by atoms with Gasteiger partial charge in [-0.2, -0.15) is 0 Å². The summed E-state index contributed by atoms with van der Waals surface area (Å²) in [6.45, 7) is 5.23. The standard InChI is InChI=1S/C23H29N3OS/c1-16-24-20(15-28-16)14-25-12-18-11-19(13-25)22(10-17-6-3-2-4-7-17)26-21(18)8-5-9-23(26)27/h2-4,6-7,15,18-19,21-22H,5,8-14H2,1H3/t18-,19+,21+,22+/m1/s1. The molecule has 1 amide bonds. The van der Waals surface area contributed by atoms with Crippen molar-refractivity contribution >= 4 is 17.2 Å². The molecule has 1 aromatic carbocycles. The van der Waals surface area contributed by atoms with Crippen LogP contribution in [0, 0.1) is 18.8 Å². The molecule has 5 heteroatoms. The summed E-state index contributed by atoms with van der Waals surface area (Å²) < 4.78 is 0. The number of carbonyl (C=O) groups excluding carboxylic acids is 1. The van der Waals surface area contributed by atoms with Crippen molar-refractivity contribution in [2.45, 2.75) is 57.7 Å². The molecule has 0 radical (unpaired) electrons. The van der Waals surface area contributed by atoms with Crippen molar-refractivity contribution < 1.29 is 4.79 Å². The van der Waals surface area contributed by atoms with Crippen LogP contribution in [0.3, 0.4) is 0 Å². The zero-order valence-corrected chi connectivity index (χ0v) is 17.4. The van der Waals surface area contributed by atoms with Gasteiger partial charge in [-0.25, -0.2) is 4.98 Å². The van der Waals surface area contributed by atoms with Crippen LogP contribution in [0.1, 0.15) is 41.9 Å². The zero-order valence-electron chi connectivity index (χ0n) is 16.6. The molecular formula is C23H29N3OS. The van der Waals surface area contributed by atoms with Crippen molar-refractivity contribution in [2.24, 2.45) is 11.8 Å². The first-order valence-corrected chi connectivity index (χ1v) is 11.5. The summed E-state index contributed by atoms with van der Waals surface area (Å²) in [6, 6.07) is 11.5. The molecule has 1 aromatic heterocycles. The predicted molar refractivity (Wildman–Crippen MR) is 112 cm³/mol. The molecule has 4 heterocycles. The van der Waals surface area contributed by atoms with E-state index >= 15 is 0 Å². The average Bonchev–Trinajstić information content (AvgIpc) is 3.11. The summed E-state index contributed by atoms with van der Waals surface area (Å²) in [5, 5.41) is 3.36. The van der Waals surface area contributed by atoms with Gasteiger partial charge < -0.3 is 4.90 Å². The van der Waals surface area contributed by atoms with E-state index in [9.17, 15) is 4.79 Å². The Balaban J connectivity index is 1.40. The number of rotatable bonds is 4. The number of hydrogen-bond acceptors (Lipinski definition) is 4. The highest BCUT2D eigenvalue weighted by atomic mass is 32.1. The summed E-state index contributed by atoms with van der Waals surface area (Å²) in [4.78, 5) is 22.6. The highest BCUT2D eigenvalue weighted by molar-refractivity contribution is 7.09. The van der Waals surface area contributed by atoms with Gasteiger partial charge in [-0.1, -0.05) is 30.3 Å². The van der Waals surface area contributed by atoms with Gasteiger partial charge in [0.15, 0.2) is 0 Å². The van der Waals surface area contributed by atoms with Crippen LogP contribution >= 0.6 is 11.3 Å². The predicted octanol–water partition coefficient (Wildman–Crippen LogP) is 3.90. The largest absolute Gasteiger partial charge is 0.336 e. The van der Waals surface area contributed by atoms with Crippen LogP contribution in [0.4, 0.5) is 0 Å². The summed E-state index contributed by atoms with van der Waals surface area (Å²) >= 11 is 1.74. The summed E-state index contributed by atoms with van der Waals surface area (Å²) in [5.41, 5.74) is 2.56. The Hall–Kier alpha value is -1.72. The minimum absolute atomic E-state index is 0.344. The third kappa shape index (κ3) is 3.50. The van der Waals surface area contributed by atoms with Crippen LogP contribution in [-0.4, -0.2) is 45.9 Å². The lowest BCUT2D eigenvalue weighted by Gasteiger charge is -2.56. The van der Waals surface area contributed by atoms with Gasteiger partial charge in [0.05, 0.1) is 10.7 Å². The van der Waals surface area contributed by atoms with Gasteiger partial charge in [-0.05, 0) is 50.0 Å². The third-order valence-corrected chi connectivity index (χ3v) is 7.73. The SMILES string of the molecule is Cc1nc(CN2C[C@H]3C[C@@H](C2)[C@H](Cc2ccccc2)N2C(=O)CCC[C@@H]32)cs1. The number of likely N-dealkylation sites (tertiary alicyclic amines) is 1. The van der Waals surface area contributed by atoms with E-state index in [0.29, 0.717) is 29.8 Å². The van der Waals surface area contributed by atoms with Gasteiger partial charge in [0.2, 0.25) is 5.91 Å². The molecule has 3 fully saturated rings. The highest BCUT2D eigenvalue weighted by Crippen LogP contribution is 2.42. The Morgan fingerprint density at radius 3 is 2.79 bits per heavy atom. The maximum absolute atomic E-state index is 12.9. The Morgan fingerprint density at radius 2 is 2.00 bits per heavy atom. The Labute approximate surface area is 171 Å². The molecule has 3 saturated heterocycles. The number of nitrogens with zero attached hydrogens (tertiary/aromatic N) is 3. The second-order valence-corrected chi connectivity index (χ2v) is 9.89. The van der Waals surface area contributed by atoms with Crippen molar-refractivity contribution in [3.63, 3.8) is 0 Å². The van der Waals surface area contributed by atoms with Gasteiger partial charge in [0.1, 0.15) is 0 Å². The van der Waals surface area contributed by atoms with Crippen molar-refractivity contribution in [3.05, 3.63) is 52.0 Å². The average molecular weight is 396 g/mol. The van der Waals surface area contributed by atoms with Crippen LogP contribution in [-0.2, 0) is 17.8 Å². The Morgan fingerprint density at radius 1 is 1.18 bits per heavy atom. The van der Waals surface area contributed by atoms with E-state index in [1.807, 2.05) is 0 Å². The van der Waals surface area contributed by atoms with Crippen molar-refractivity contribution in [1.29, 1.82) is 0 Å². The monoisotopic (exact) mass is 395 g/mol. The number of benzene rings is 1. The number of piperidine rings is 3. The first-order chi connectivity index (χ1) is 13.7. The molecule has 4 nitrogen and oxygen atoms in total. The number of fused-ring (bicyclic) bond motifs is 4. The van der Waals surface area contributed by atoms with Crippen LogP contribution < -0.4 is 0 Å². The molecule has 2 aromatic rings. The maximum Gasteiger partial charge on any atom is 0.223 e. The fourth-order valence-corrected chi connectivity index (χ4v) is 6.43. The summed E-state index contributed by atoms with van der Waals surface area (Å²) in [7, 11) is 0. The Bertz CT molecular complexity index is 835. The number of thiazole rings is 1. The topological polar surface area (TPSA) is 36.4 Å². The van der Waals surface area contributed by atoms with E-state index in [1.54, 1.807) is 11.3 Å². The minimum atomic E-state index is 0.344. The Kier molecular flexibility index (Phi) is 4.97. The number of aryl methyl sites for hydroxylation is 1. The summed E-state index contributed by atoms with van der Waals surface area (Å²) in [6.07, 6.45) is 5.24. The lowest BCUT2D eigenvalue weighted by atomic mass is 9.70. The molecule has 0 unspecified atom stereocenters. The van der Waals surface area contributed by atoms with Gasteiger partial charge >= 0.3 is 0 Å². The first kappa shape index (κ1) is 18.3. The smallest absolute Gasteiger partial charge is 0.223 e. The number of amides is 1. The first-order valence-electron chi connectivity index (χ1n) is 10.7. The van der Waals surface area contributed by atoms with Crippen LogP contribution in [0.5, 0.6) is 0 Å². The van der Waals surface area contributed by atoms with E-state index < -0.39 is 0 Å². The molecule has 3 aliphatic rings. The molecule has 0 saturated carbocycles. The number of aromatic nitrogens is 1. The van der Waals surface area contributed by atoms with Crippen LogP contribution in [0.2, 0.25) is 0 Å². The highest BCUT2D eigenvalue weighted by Gasteiger charge is 2.49. The molecule has 148 valence electrons. The van der Waals surface area contributed by atoms with Crippen LogP contribution in [0.15, 0.2) is 35.7 Å². The molecule has 0 spiro atoms. The lowest BCUT2D eigenvalue weighted by molar-refractivity contribution is -0.152. The van der Waals surface area contributed by atoms with E-state index in [4.69, 9.17) is 4.98 Å². The second-order valence-electron chi connectivity index (χ2n) is 8.83. The molecule has 4 atom stereocenters. The van der Waals surface area contributed by atoms with Crippen molar-refractivity contribution in [3.8, 4) is 0 Å². The normalized spacial score (nSPS) is 30.3. The summed E-state index contributed by atoms with van der Waals surface area (Å²) in [5.74, 6) is 1.59. The molecular weight excluding hydrogens is 366 g/mol. The minimum Gasteiger partial charge on any atom is -0.336 e. The molecule has 0 N–H and O–H groups in total. The van der Waals surface area contributed by atoms with Gasteiger partial charge in [0.25, 0.3) is 0 Å². The second kappa shape index (κ2) is 7.60. The van der Waals surface area contributed by atoms with E-state index in [0.717, 1.165) is 43.9 Å². The molecule has 28 heavy (non-hydrogen) atoms. The lowest BCUT2D eigenvalue weighted by Crippen LogP contribution is -2.65. The van der Waals surface area contributed by atoms with Crippen molar-refractivity contribution in [1.82, 2.24) is 14.8 Å². The molecule has 0 aliphatic carbocycles. The molecule has 5 rings (SSSR count). The van der Waals surface area contributed by atoms with Crippen molar-refractivity contribution in [2.75, 3.05) is 13.1 Å². The van der Waals surface area contributed by atoms with E-state index in [2.05, 4.69) is 52.4 Å². The quantitative estimate of drug-likeness (QED) is 0.788. The fourth-order valence-electron chi connectivity index (χ4n) is 5.83. The van der Waals surface area contributed by atoms with E-state index in [1.165, 1.54) is 24.1 Å². The zero-order chi connectivity index (χ0) is 19.1. The van der Waals surface area contributed by atoms with Gasteiger partial charge in [-0.3, -0.25) is 9.69 Å². The van der Waals surface area contributed by atoms with Gasteiger partial charge in [0, 0.05) is 43.5 Å².